The Labute approximate surface area is 146 Å². The lowest BCUT2D eigenvalue weighted by molar-refractivity contribution is -0.137. The summed E-state index contributed by atoms with van der Waals surface area (Å²) in [6, 6.07) is 6.32. The second kappa shape index (κ2) is 6.44. The van der Waals surface area contributed by atoms with E-state index in [1.165, 1.54) is 36.0 Å². The van der Waals surface area contributed by atoms with Gasteiger partial charge in [0.1, 0.15) is 5.82 Å². The van der Waals surface area contributed by atoms with E-state index in [2.05, 4.69) is 9.84 Å². The van der Waals surface area contributed by atoms with Gasteiger partial charge in [0.2, 0.25) is 0 Å². The summed E-state index contributed by atoms with van der Waals surface area (Å²) in [5.74, 6) is -1.55. The van der Waals surface area contributed by atoms with E-state index in [4.69, 9.17) is 0 Å². The van der Waals surface area contributed by atoms with Gasteiger partial charge in [0, 0.05) is 10.9 Å². The quantitative estimate of drug-likeness (QED) is 0.512. The second-order valence-corrected chi connectivity index (χ2v) is 5.80. The third-order valence-electron chi connectivity index (χ3n) is 4.06. The van der Waals surface area contributed by atoms with Crippen molar-refractivity contribution >= 4 is 16.9 Å². The number of carbonyl (C=O) groups excluding carboxylic acids is 1. The van der Waals surface area contributed by atoms with E-state index in [0.29, 0.717) is 16.5 Å². The SMILES string of the molecule is COC(=O)c1cccc(Cn2ncc3cc(C(F)(F)F)cc(C)c32)c1F. The number of esters is 1. The summed E-state index contributed by atoms with van der Waals surface area (Å²) in [6.07, 6.45) is -3.15. The lowest BCUT2D eigenvalue weighted by Crippen LogP contribution is -2.10. The number of carbonyl (C=O) groups is 1. The molecule has 0 N–H and O–H groups in total. The number of aromatic nitrogens is 2. The highest BCUT2D eigenvalue weighted by atomic mass is 19.4. The van der Waals surface area contributed by atoms with Crippen molar-refractivity contribution in [3.05, 3.63) is 64.6 Å². The first-order valence-corrected chi connectivity index (χ1v) is 7.61. The highest BCUT2D eigenvalue weighted by Gasteiger charge is 2.31. The Balaban J connectivity index is 2.05. The molecule has 0 radical (unpaired) electrons. The van der Waals surface area contributed by atoms with Crippen molar-refractivity contribution in [3.8, 4) is 0 Å². The Morgan fingerprint density at radius 1 is 1.27 bits per heavy atom. The molecule has 0 saturated carbocycles. The van der Waals surface area contributed by atoms with Gasteiger partial charge in [-0.15, -0.1) is 0 Å². The molecule has 0 aliphatic rings. The molecule has 0 amide bonds. The van der Waals surface area contributed by atoms with Gasteiger partial charge in [-0.05, 0) is 30.7 Å². The Morgan fingerprint density at radius 2 is 2.00 bits per heavy atom. The minimum absolute atomic E-state index is 0.0353. The lowest BCUT2D eigenvalue weighted by atomic mass is 10.1. The lowest BCUT2D eigenvalue weighted by Gasteiger charge is -2.11. The fourth-order valence-corrected chi connectivity index (χ4v) is 2.86. The number of methoxy groups -OCH3 is 1. The molecule has 0 atom stereocenters. The summed E-state index contributed by atoms with van der Waals surface area (Å²) < 4.78 is 59.3. The maximum atomic E-state index is 14.5. The van der Waals surface area contributed by atoms with Gasteiger partial charge in [-0.1, -0.05) is 12.1 Å². The summed E-state index contributed by atoms with van der Waals surface area (Å²) in [5, 5.41) is 4.38. The zero-order valence-corrected chi connectivity index (χ0v) is 13.9. The number of rotatable bonds is 3. The van der Waals surface area contributed by atoms with E-state index < -0.39 is 23.5 Å². The number of nitrogens with zero attached hydrogens (tertiary/aromatic N) is 2. The predicted molar refractivity (Wildman–Crippen MR) is 86.3 cm³/mol. The topological polar surface area (TPSA) is 44.1 Å². The maximum Gasteiger partial charge on any atom is 0.416 e. The largest absolute Gasteiger partial charge is 0.465 e. The Bertz CT molecular complexity index is 993. The molecule has 0 bridgehead atoms. The molecular weight excluding hydrogens is 352 g/mol. The van der Waals surface area contributed by atoms with Crippen LogP contribution >= 0.6 is 0 Å². The molecule has 1 heterocycles. The van der Waals surface area contributed by atoms with E-state index in [-0.39, 0.29) is 17.7 Å². The predicted octanol–water partition coefficient (Wildman–Crippen LogP) is 4.34. The van der Waals surface area contributed by atoms with Gasteiger partial charge in [-0.3, -0.25) is 4.68 Å². The molecule has 0 spiro atoms. The highest BCUT2D eigenvalue weighted by molar-refractivity contribution is 5.90. The summed E-state index contributed by atoms with van der Waals surface area (Å²) in [5.41, 5.74) is 0.0494. The number of aryl methyl sites for hydroxylation is 1. The smallest absolute Gasteiger partial charge is 0.416 e. The van der Waals surface area contributed by atoms with Crippen LogP contribution < -0.4 is 0 Å². The van der Waals surface area contributed by atoms with Crippen molar-refractivity contribution in [3.63, 3.8) is 0 Å². The van der Waals surface area contributed by atoms with Crippen LogP contribution in [0.4, 0.5) is 17.6 Å². The molecule has 1 aromatic heterocycles. The van der Waals surface area contributed by atoms with Crippen LogP contribution in [0, 0.1) is 12.7 Å². The van der Waals surface area contributed by atoms with Gasteiger partial charge in [-0.25, -0.2) is 9.18 Å². The van der Waals surface area contributed by atoms with Crippen LogP contribution in [-0.4, -0.2) is 22.9 Å². The first-order chi connectivity index (χ1) is 12.2. The van der Waals surface area contributed by atoms with Gasteiger partial charge in [0.05, 0.1) is 36.5 Å². The van der Waals surface area contributed by atoms with Gasteiger partial charge in [0.25, 0.3) is 0 Å². The summed E-state index contributed by atoms with van der Waals surface area (Å²) >= 11 is 0. The van der Waals surface area contributed by atoms with E-state index in [1.54, 1.807) is 0 Å². The molecule has 2 aromatic carbocycles. The number of halogens is 4. The molecule has 0 fully saturated rings. The van der Waals surface area contributed by atoms with Crippen LogP contribution in [0.25, 0.3) is 10.9 Å². The molecule has 0 aliphatic heterocycles. The average molecular weight is 366 g/mol. The highest BCUT2D eigenvalue weighted by Crippen LogP contribution is 2.33. The molecule has 0 saturated heterocycles. The van der Waals surface area contributed by atoms with Crippen molar-refractivity contribution < 1.29 is 27.1 Å². The van der Waals surface area contributed by atoms with Gasteiger partial charge >= 0.3 is 12.1 Å². The molecule has 0 aliphatic carbocycles. The van der Waals surface area contributed by atoms with Gasteiger partial charge in [-0.2, -0.15) is 18.3 Å². The fraction of sp³-hybridized carbons (Fsp3) is 0.222. The first kappa shape index (κ1) is 17.9. The van der Waals surface area contributed by atoms with Crippen molar-refractivity contribution in [1.29, 1.82) is 0 Å². The zero-order chi connectivity index (χ0) is 19.1. The minimum atomic E-state index is -4.46. The van der Waals surface area contributed by atoms with Crippen LogP contribution in [0.15, 0.2) is 36.5 Å². The zero-order valence-electron chi connectivity index (χ0n) is 13.9. The average Bonchev–Trinajstić information content (AvgIpc) is 2.99. The second-order valence-electron chi connectivity index (χ2n) is 5.80. The van der Waals surface area contributed by atoms with Gasteiger partial charge < -0.3 is 4.74 Å². The molecule has 0 unspecified atom stereocenters. The van der Waals surface area contributed by atoms with E-state index in [9.17, 15) is 22.4 Å². The first-order valence-electron chi connectivity index (χ1n) is 7.61. The number of fused-ring (bicyclic) bond motifs is 1. The number of hydrogen-bond donors (Lipinski definition) is 0. The van der Waals surface area contributed by atoms with Crippen molar-refractivity contribution in [1.82, 2.24) is 9.78 Å². The third kappa shape index (κ3) is 3.14. The standard InChI is InChI=1S/C18H14F4N2O2/c1-10-6-13(18(20,21)22)7-12-8-23-24(16(10)12)9-11-4-3-5-14(15(11)19)17(25)26-2/h3-8H,9H2,1-2H3. The number of ether oxygens (including phenoxy) is 1. The monoisotopic (exact) mass is 366 g/mol. The molecule has 4 nitrogen and oxygen atoms in total. The molecular formula is C18H14F4N2O2. The van der Waals surface area contributed by atoms with Crippen molar-refractivity contribution in [2.24, 2.45) is 0 Å². The minimum Gasteiger partial charge on any atom is -0.465 e. The van der Waals surface area contributed by atoms with Crippen molar-refractivity contribution in [2.45, 2.75) is 19.6 Å². The van der Waals surface area contributed by atoms with E-state index in [1.807, 2.05) is 0 Å². The van der Waals surface area contributed by atoms with Crippen molar-refractivity contribution in [2.75, 3.05) is 7.11 Å². The Hall–Kier alpha value is -2.90. The molecule has 3 rings (SSSR count). The number of hydrogen-bond acceptors (Lipinski definition) is 3. The van der Waals surface area contributed by atoms with Crippen LogP contribution in [0.2, 0.25) is 0 Å². The Kier molecular flexibility index (Phi) is 4.43. The number of benzene rings is 2. The summed E-state index contributed by atoms with van der Waals surface area (Å²) in [6.45, 7) is 1.50. The van der Waals surface area contributed by atoms with E-state index >= 15 is 0 Å². The maximum absolute atomic E-state index is 14.5. The van der Waals surface area contributed by atoms with Crippen LogP contribution in [0.1, 0.15) is 27.0 Å². The molecule has 26 heavy (non-hydrogen) atoms. The Morgan fingerprint density at radius 3 is 2.65 bits per heavy atom. The van der Waals surface area contributed by atoms with E-state index in [0.717, 1.165) is 19.2 Å². The molecule has 136 valence electrons. The molecule has 8 heteroatoms. The molecule has 3 aromatic rings. The summed E-state index contributed by atoms with van der Waals surface area (Å²) in [7, 11) is 1.15. The normalized spacial score (nSPS) is 11.8. The number of alkyl halides is 3. The van der Waals surface area contributed by atoms with Crippen LogP contribution in [0.3, 0.4) is 0 Å². The fourth-order valence-electron chi connectivity index (χ4n) is 2.86. The van der Waals surface area contributed by atoms with Crippen LogP contribution in [-0.2, 0) is 17.5 Å². The van der Waals surface area contributed by atoms with Crippen LogP contribution in [0.5, 0.6) is 0 Å². The van der Waals surface area contributed by atoms with Gasteiger partial charge in [0.15, 0.2) is 0 Å². The summed E-state index contributed by atoms with van der Waals surface area (Å²) in [4.78, 5) is 11.6. The third-order valence-corrected chi connectivity index (χ3v) is 4.06.